The average Bonchev–Trinajstić information content (AvgIpc) is 2.28. The van der Waals surface area contributed by atoms with Crippen LogP contribution < -0.4 is 21.5 Å². The molecule has 92 valence electrons. The molecule has 6 heteroatoms. The summed E-state index contributed by atoms with van der Waals surface area (Å²) in [4.78, 5) is 21.6. The van der Waals surface area contributed by atoms with E-state index in [-0.39, 0.29) is 6.61 Å². The maximum Gasteiger partial charge on any atom is 0.255 e. The van der Waals surface area contributed by atoms with Crippen molar-refractivity contribution in [1.82, 2.24) is 5.32 Å². The van der Waals surface area contributed by atoms with Crippen molar-refractivity contribution >= 4 is 11.8 Å². The number of hydrogen-bond acceptors (Lipinski definition) is 4. The van der Waals surface area contributed by atoms with E-state index < -0.39 is 17.9 Å². The van der Waals surface area contributed by atoms with Gasteiger partial charge in [0.15, 0.2) is 6.61 Å². The van der Waals surface area contributed by atoms with Gasteiger partial charge >= 0.3 is 0 Å². The topological polar surface area (TPSA) is 107 Å². The highest BCUT2D eigenvalue weighted by Crippen LogP contribution is 2.17. The molecule has 0 saturated heterocycles. The molecule has 0 aliphatic carbocycles. The summed E-state index contributed by atoms with van der Waals surface area (Å²) in [7, 11) is 1.65. The number of rotatable bonds is 6. The van der Waals surface area contributed by atoms with Gasteiger partial charge in [0, 0.05) is 0 Å². The van der Waals surface area contributed by atoms with Crippen LogP contribution in [0.15, 0.2) is 24.3 Å². The van der Waals surface area contributed by atoms with Crippen molar-refractivity contribution in [3.63, 3.8) is 0 Å². The van der Waals surface area contributed by atoms with E-state index in [1.54, 1.807) is 31.3 Å². The summed E-state index contributed by atoms with van der Waals surface area (Å²) in [6, 6.07) is 6.14. The fraction of sp³-hybridized carbons (Fsp3) is 0.273. The summed E-state index contributed by atoms with van der Waals surface area (Å²) in [5, 5.41) is 2.80. The molecule has 1 aromatic carbocycles. The van der Waals surface area contributed by atoms with Gasteiger partial charge in [-0.25, -0.2) is 0 Å². The van der Waals surface area contributed by atoms with E-state index in [2.05, 4.69) is 5.32 Å². The predicted molar refractivity (Wildman–Crippen MR) is 62.1 cm³/mol. The first-order valence-corrected chi connectivity index (χ1v) is 5.02. The van der Waals surface area contributed by atoms with Gasteiger partial charge in [-0.15, -0.1) is 0 Å². The lowest BCUT2D eigenvalue weighted by molar-refractivity contribution is -0.120. The van der Waals surface area contributed by atoms with Crippen LogP contribution in [0.4, 0.5) is 0 Å². The Morgan fingerprint density at radius 2 is 1.88 bits per heavy atom. The van der Waals surface area contributed by atoms with Crippen LogP contribution in [0, 0.1) is 0 Å². The molecule has 0 spiro atoms. The average molecular weight is 237 g/mol. The standard InChI is InChI=1S/C11H15N3O3/c1-14-10(11(13)16)7-2-4-8(5-3-7)17-6-9(12)15/h2-5,10,14H,6H2,1H3,(H2,12,15)(H2,13,16). The normalized spacial score (nSPS) is 11.8. The number of carbonyl (C=O) groups is 2. The molecule has 2 amide bonds. The Bertz CT molecular complexity index is 403. The molecular formula is C11H15N3O3. The molecule has 0 aliphatic heterocycles. The van der Waals surface area contributed by atoms with Gasteiger partial charge < -0.3 is 21.5 Å². The molecule has 0 fully saturated rings. The van der Waals surface area contributed by atoms with Crippen molar-refractivity contribution in [2.75, 3.05) is 13.7 Å². The van der Waals surface area contributed by atoms with Crippen molar-refractivity contribution in [3.8, 4) is 5.75 Å². The van der Waals surface area contributed by atoms with Gasteiger partial charge in [0.1, 0.15) is 11.8 Å². The maximum atomic E-state index is 11.1. The van der Waals surface area contributed by atoms with Crippen LogP contribution in [0.1, 0.15) is 11.6 Å². The molecule has 6 nitrogen and oxygen atoms in total. The van der Waals surface area contributed by atoms with E-state index in [4.69, 9.17) is 16.2 Å². The molecule has 1 unspecified atom stereocenters. The van der Waals surface area contributed by atoms with Crippen LogP contribution in [0.25, 0.3) is 0 Å². The second-order valence-electron chi connectivity index (χ2n) is 3.45. The number of benzene rings is 1. The molecule has 5 N–H and O–H groups in total. The third-order valence-corrected chi connectivity index (χ3v) is 2.17. The third-order valence-electron chi connectivity index (χ3n) is 2.17. The van der Waals surface area contributed by atoms with Crippen LogP contribution in [-0.2, 0) is 9.59 Å². The highest BCUT2D eigenvalue weighted by molar-refractivity contribution is 5.81. The molecule has 0 aromatic heterocycles. The second kappa shape index (κ2) is 5.86. The molecule has 1 rings (SSSR count). The first-order valence-electron chi connectivity index (χ1n) is 5.02. The Balaban J connectivity index is 2.73. The predicted octanol–water partition coefficient (Wildman–Crippen LogP) is -0.703. The van der Waals surface area contributed by atoms with Crippen molar-refractivity contribution < 1.29 is 14.3 Å². The lowest BCUT2D eigenvalue weighted by Gasteiger charge is -2.13. The van der Waals surface area contributed by atoms with Crippen molar-refractivity contribution in [2.24, 2.45) is 11.5 Å². The van der Waals surface area contributed by atoms with E-state index in [0.29, 0.717) is 5.75 Å². The molecule has 1 atom stereocenters. The van der Waals surface area contributed by atoms with E-state index in [1.807, 2.05) is 0 Å². The lowest BCUT2D eigenvalue weighted by Crippen LogP contribution is -2.31. The summed E-state index contributed by atoms with van der Waals surface area (Å²) in [6.45, 7) is -0.176. The molecule has 0 saturated carbocycles. The smallest absolute Gasteiger partial charge is 0.255 e. The Labute approximate surface area is 98.9 Å². The second-order valence-corrected chi connectivity index (χ2v) is 3.45. The molecule has 0 heterocycles. The monoisotopic (exact) mass is 237 g/mol. The van der Waals surface area contributed by atoms with Gasteiger partial charge in [0.25, 0.3) is 5.91 Å². The van der Waals surface area contributed by atoms with Crippen molar-refractivity contribution in [1.29, 1.82) is 0 Å². The Morgan fingerprint density at radius 3 is 2.29 bits per heavy atom. The zero-order chi connectivity index (χ0) is 12.8. The fourth-order valence-electron chi connectivity index (χ4n) is 1.38. The lowest BCUT2D eigenvalue weighted by atomic mass is 10.1. The largest absolute Gasteiger partial charge is 0.484 e. The van der Waals surface area contributed by atoms with Gasteiger partial charge in [-0.1, -0.05) is 12.1 Å². The maximum absolute atomic E-state index is 11.1. The Morgan fingerprint density at radius 1 is 1.29 bits per heavy atom. The van der Waals surface area contributed by atoms with Gasteiger partial charge in [0.2, 0.25) is 5.91 Å². The summed E-state index contributed by atoms with van der Waals surface area (Å²) >= 11 is 0. The number of ether oxygens (including phenoxy) is 1. The highest BCUT2D eigenvalue weighted by Gasteiger charge is 2.14. The van der Waals surface area contributed by atoms with Crippen LogP contribution in [0.3, 0.4) is 0 Å². The van der Waals surface area contributed by atoms with Crippen LogP contribution >= 0.6 is 0 Å². The van der Waals surface area contributed by atoms with E-state index >= 15 is 0 Å². The zero-order valence-corrected chi connectivity index (χ0v) is 9.47. The third kappa shape index (κ3) is 3.76. The summed E-state index contributed by atoms with van der Waals surface area (Å²) in [6.07, 6.45) is 0. The van der Waals surface area contributed by atoms with Gasteiger partial charge in [0.05, 0.1) is 0 Å². The molecular weight excluding hydrogens is 222 g/mol. The first-order chi connectivity index (χ1) is 8.04. The minimum absolute atomic E-state index is 0.176. The number of primary amides is 2. The molecule has 0 aliphatic rings. The number of amides is 2. The van der Waals surface area contributed by atoms with Crippen molar-refractivity contribution in [2.45, 2.75) is 6.04 Å². The number of likely N-dealkylation sites (N-methyl/N-ethyl adjacent to an activating group) is 1. The molecule has 17 heavy (non-hydrogen) atoms. The minimum Gasteiger partial charge on any atom is -0.484 e. The summed E-state index contributed by atoms with van der Waals surface area (Å²) in [5.74, 6) is -0.496. The highest BCUT2D eigenvalue weighted by atomic mass is 16.5. The number of nitrogens with one attached hydrogen (secondary N) is 1. The minimum atomic E-state index is -0.542. The molecule has 1 aromatic rings. The van der Waals surface area contributed by atoms with Crippen LogP contribution in [-0.4, -0.2) is 25.5 Å². The van der Waals surface area contributed by atoms with E-state index in [9.17, 15) is 9.59 Å². The van der Waals surface area contributed by atoms with Crippen LogP contribution in [0.2, 0.25) is 0 Å². The van der Waals surface area contributed by atoms with E-state index in [0.717, 1.165) is 5.56 Å². The van der Waals surface area contributed by atoms with Crippen LogP contribution in [0.5, 0.6) is 5.75 Å². The van der Waals surface area contributed by atoms with Crippen molar-refractivity contribution in [3.05, 3.63) is 29.8 Å². The number of nitrogens with two attached hydrogens (primary N) is 2. The van der Waals surface area contributed by atoms with Gasteiger partial charge in [-0.2, -0.15) is 0 Å². The Kier molecular flexibility index (Phi) is 4.47. The fourth-order valence-corrected chi connectivity index (χ4v) is 1.38. The van der Waals surface area contributed by atoms with Gasteiger partial charge in [-0.3, -0.25) is 9.59 Å². The SMILES string of the molecule is CNC(C(N)=O)c1ccc(OCC(N)=O)cc1. The molecule has 0 radical (unpaired) electrons. The first kappa shape index (κ1) is 13.0. The summed E-state index contributed by atoms with van der Waals surface area (Å²) in [5.41, 5.74) is 10.9. The molecule has 0 bridgehead atoms. The summed E-state index contributed by atoms with van der Waals surface area (Å²) < 4.78 is 5.09. The number of hydrogen-bond donors (Lipinski definition) is 3. The van der Waals surface area contributed by atoms with E-state index in [1.165, 1.54) is 0 Å². The number of carbonyl (C=O) groups excluding carboxylic acids is 2. The quantitative estimate of drug-likeness (QED) is 0.607. The van der Waals surface area contributed by atoms with Gasteiger partial charge in [-0.05, 0) is 24.7 Å². The zero-order valence-electron chi connectivity index (χ0n) is 9.47. The Hall–Kier alpha value is -2.08.